The van der Waals surface area contributed by atoms with Crippen molar-refractivity contribution in [3.63, 3.8) is 0 Å². The van der Waals surface area contributed by atoms with E-state index in [1.54, 1.807) is 0 Å². The first-order chi connectivity index (χ1) is 40.0. The predicted octanol–water partition coefficient (Wildman–Crippen LogP) is 24.0. The molecule has 0 bridgehead atoms. The van der Waals surface area contributed by atoms with E-state index in [9.17, 15) is 14.4 Å². The van der Waals surface area contributed by atoms with Gasteiger partial charge in [0.25, 0.3) is 0 Å². The fraction of sp³-hybridized carbons (Fsp3) is 0.747. The number of carbonyl (C=O) groups excluding carboxylic acids is 3. The van der Waals surface area contributed by atoms with Crippen molar-refractivity contribution in [3.8, 4) is 0 Å². The van der Waals surface area contributed by atoms with Crippen molar-refractivity contribution in [2.45, 2.75) is 348 Å². The van der Waals surface area contributed by atoms with Crippen LogP contribution < -0.4 is 0 Å². The van der Waals surface area contributed by atoms with E-state index in [0.717, 1.165) is 109 Å². The molecule has 1 unspecified atom stereocenters. The minimum atomic E-state index is -0.801. The second-order valence-corrected chi connectivity index (χ2v) is 23.1. The quantitative estimate of drug-likeness (QED) is 0.0261. The molecular formula is C75H130O6. The summed E-state index contributed by atoms with van der Waals surface area (Å²) in [4.78, 5) is 38.4. The molecule has 0 saturated heterocycles. The summed E-state index contributed by atoms with van der Waals surface area (Å²) in [6, 6.07) is 0. The molecule has 0 aliphatic carbocycles. The lowest BCUT2D eigenvalue weighted by atomic mass is 10.0. The van der Waals surface area contributed by atoms with E-state index in [4.69, 9.17) is 14.2 Å². The van der Waals surface area contributed by atoms with Crippen LogP contribution in [0.25, 0.3) is 0 Å². The summed E-state index contributed by atoms with van der Waals surface area (Å²) in [5.74, 6) is -0.919. The highest BCUT2D eigenvalue weighted by atomic mass is 16.6. The smallest absolute Gasteiger partial charge is 0.306 e. The predicted molar refractivity (Wildman–Crippen MR) is 353 cm³/mol. The third-order valence-electron chi connectivity index (χ3n) is 15.0. The Balaban J connectivity index is 4.35. The summed E-state index contributed by atoms with van der Waals surface area (Å²) >= 11 is 0. The fourth-order valence-electron chi connectivity index (χ4n) is 9.85. The SMILES string of the molecule is CC/C=C\C/C=C\C/C=C\C/C=C\C/C=C\CCCCCC(=O)OC(COC(=O)CCCCCCCCC/C=C\C/C=C\CCCCC)COC(=O)CCCCCCCCCCCCCCCCC/C=C\CCCCCCCCCC. The van der Waals surface area contributed by atoms with Gasteiger partial charge < -0.3 is 14.2 Å². The van der Waals surface area contributed by atoms with Crippen molar-refractivity contribution >= 4 is 17.9 Å². The van der Waals surface area contributed by atoms with Gasteiger partial charge in [0.05, 0.1) is 0 Å². The van der Waals surface area contributed by atoms with Crippen molar-refractivity contribution in [2.75, 3.05) is 13.2 Å². The van der Waals surface area contributed by atoms with Crippen LogP contribution in [0.15, 0.2) is 97.2 Å². The topological polar surface area (TPSA) is 78.9 Å². The van der Waals surface area contributed by atoms with Crippen molar-refractivity contribution < 1.29 is 28.6 Å². The number of carbonyl (C=O) groups is 3. The molecule has 6 nitrogen and oxygen atoms in total. The zero-order chi connectivity index (χ0) is 58.5. The lowest BCUT2D eigenvalue weighted by Crippen LogP contribution is -2.30. The summed E-state index contributed by atoms with van der Waals surface area (Å²) in [7, 11) is 0. The number of hydrogen-bond donors (Lipinski definition) is 0. The number of ether oxygens (including phenoxy) is 3. The van der Waals surface area contributed by atoms with Gasteiger partial charge in [-0.25, -0.2) is 0 Å². The van der Waals surface area contributed by atoms with Gasteiger partial charge in [-0.15, -0.1) is 0 Å². The molecule has 0 saturated carbocycles. The molecule has 0 spiro atoms. The van der Waals surface area contributed by atoms with Gasteiger partial charge in [-0.05, 0) is 122 Å². The zero-order valence-electron chi connectivity index (χ0n) is 53.5. The van der Waals surface area contributed by atoms with E-state index in [2.05, 4.69) is 118 Å². The number of hydrogen-bond acceptors (Lipinski definition) is 6. The third-order valence-corrected chi connectivity index (χ3v) is 15.0. The molecule has 0 radical (unpaired) electrons. The zero-order valence-corrected chi connectivity index (χ0v) is 53.5. The Morgan fingerprint density at radius 2 is 0.481 bits per heavy atom. The number of unbranched alkanes of at least 4 members (excludes halogenated alkanes) is 36. The lowest BCUT2D eigenvalue weighted by molar-refractivity contribution is -0.167. The van der Waals surface area contributed by atoms with Crippen LogP contribution in [-0.4, -0.2) is 37.2 Å². The van der Waals surface area contributed by atoms with Crippen LogP contribution in [-0.2, 0) is 28.6 Å². The summed E-state index contributed by atoms with van der Waals surface area (Å²) in [5, 5.41) is 0. The first-order valence-electron chi connectivity index (χ1n) is 34.7. The van der Waals surface area contributed by atoms with E-state index < -0.39 is 6.10 Å². The molecule has 0 aromatic carbocycles. The van der Waals surface area contributed by atoms with Crippen LogP contribution in [0.5, 0.6) is 0 Å². The first-order valence-corrected chi connectivity index (χ1v) is 34.7. The van der Waals surface area contributed by atoms with E-state index in [0.29, 0.717) is 12.8 Å². The Morgan fingerprint density at radius 1 is 0.259 bits per heavy atom. The fourth-order valence-corrected chi connectivity index (χ4v) is 9.85. The Labute approximate surface area is 502 Å². The summed E-state index contributed by atoms with van der Waals surface area (Å²) in [6.07, 6.45) is 92.9. The number of esters is 3. The molecule has 0 amide bonds. The molecule has 0 aromatic heterocycles. The molecule has 1 atom stereocenters. The normalized spacial score (nSPS) is 12.7. The van der Waals surface area contributed by atoms with E-state index in [-0.39, 0.29) is 37.5 Å². The molecule has 0 heterocycles. The molecule has 6 heteroatoms. The van der Waals surface area contributed by atoms with Gasteiger partial charge >= 0.3 is 17.9 Å². The molecule has 466 valence electrons. The average molecular weight is 1130 g/mol. The van der Waals surface area contributed by atoms with E-state index >= 15 is 0 Å². The van der Waals surface area contributed by atoms with Crippen molar-refractivity contribution in [3.05, 3.63) is 97.2 Å². The third kappa shape index (κ3) is 67.0. The first kappa shape index (κ1) is 77.3. The maximum Gasteiger partial charge on any atom is 0.306 e. The van der Waals surface area contributed by atoms with Gasteiger partial charge in [0.15, 0.2) is 6.10 Å². The standard InChI is InChI=1S/C75H130O6/c1-4-7-10-13-16-19-22-25-28-31-33-34-35-36-37-38-39-40-42-44-47-50-53-56-59-62-65-68-74(77)80-71-72(70-79-73(76)67-64-61-58-55-52-49-46-43-30-27-24-21-18-15-12-9-6-3)81-75(78)69-66-63-60-57-54-51-48-45-41-32-29-26-23-20-17-14-11-8-5-2/h8,11,17-18,20-21,26-27,29-31,33,41,45,51,54,72H,4-7,9-10,12-16,19,22-25,28,32,34-40,42-44,46-50,52-53,55-71H2,1-3H3/b11-8-,20-17-,21-18-,29-26-,30-27-,33-31-,45-41-,54-51-. The highest BCUT2D eigenvalue weighted by molar-refractivity contribution is 5.71. The van der Waals surface area contributed by atoms with Gasteiger partial charge in [-0.2, -0.15) is 0 Å². The van der Waals surface area contributed by atoms with E-state index in [1.165, 1.54) is 193 Å². The molecule has 81 heavy (non-hydrogen) atoms. The van der Waals surface area contributed by atoms with Crippen LogP contribution in [0.2, 0.25) is 0 Å². The van der Waals surface area contributed by atoms with Crippen molar-refractivity contribution in [1.29, 1.82) is 0 Å². The highest BCUT2D eigenvalue weighted by Gasteiger charge is 2.19. The molecule has 0 aliphatic heterocycles. The van der Waals surface area contributed by atoms with Crippen molar-refractivity contribution in [1.82, 2.24) is 0 Å². The van der Waals surface area contributed by atoms with Gasteiger partial charge in [-0.1, -0.05) is 298 Å². The lowest BCUT2D eigenvalue weighted by Gasteiger charge is -2.18. The molecule has 0 aliphatic rings. The minimum absolute atomic E-state index is 0.0921. The van der Waals surface area contributed by atoms with Crippen molar-refractivity contribution in [2.24, 2.45) is 0 Å². The van der Waals surface area contributed by atoms with Crippen LogP contribution in [0.4, 0.5) is 0 Å². The second kappa shape index (κ2) is 68.8. The Hall–Kier alpha value is -3.67. The molecule has 0 rings (SSSR count). The number of rotatable bonds is 63. The Bertz CT molecular complexity index is 1580. The summed E-state index contributed by atoms with van der Waals surface area (Å²) in [5.41, 5.74) is 0. The summed E-state index contributed by atoms with van der Waals surface area (Å²) < 4.78 is 16.9. The Morgan fingerprint density at radius 3 is 0.802 bits per heavy atom. The van der Waals surface area contributed by atoms with Gasteiger partial charge in [0.2, 0.25) is 0 Å². The Kier molecular flexibility index (Phi) is 65.7. The molecule has 0 N–H and O–H groups in total. The number of allylic oxidation sites excluding steroid dienone is 16. The van der Waals surface area contributed by atoms with Gasteiger partial charge in [0.1, 0.15) is 13.2 Å². The largest absolute Gasteiger partial charge is 0.462 e. The molecule has 0 fully saturated rings. The van der Waals surface area contributed by atoms with Gasteiger partial charge in [-0.3, -0.25) is 14.4 Å². The maximum absolute atomic E-state index is 12.9. The maximum atomic E-state index is 12.9. The van der Waals surface area contributed by atoms with Crippen LogP contribution >= 0.6 is 0 Å². The second-order valence-electron chi connectivity index (χ2n) is 23.1. The summed E-state index contributed by atoms with van der Waals surface area (Å²) in [6.45, 7) is 6.51. The van der Waals surface area contributed by atoms with Crippen LogP contribution in [0.3, 0.4) is 0 Å². The van der Waals surface area contributed by atoms with Crippen LogP contribution in [0, 0.1) is 0 Å². The van der Waals surface area contributed by atoms with Gasteiger partial charge in [0, 0.05) is 19.3 Å². The minimum Gasteiger partial charge on any atom is -0.462 e. The highest BCUT2D eigenvalue weighted by Crippen LogP contribution is 2.17. The van der Waals surface area contributed by atoms with Crippen LogP contribution in [0.1, 0.15) is 342 Å². The molecular weight excluding hydrogens is 997 g/mol. The van der Waals surface area contributed by atoms with E-state index in [1.807, 2.05) is 0 Å². The monoisotopic (exact) mass is 1130 g/mol. The average Bonchev–Trinajstić information content (AvgIpc) is 3.47. The molecule has 0 aromatic rings.